The molecular weight excluding hydrogens is 332 g/mol. The minimum atomic E-state index is -0.705. The van der Waals surface area contributed by atoms with Gasteiger partial charge >= 0.3 is 0 Å². The van der Waals surface area contributed by atoms with E-state index in [1.165, 1.54) is 59.2 Å². The molecule has 0 N–H and O–H groups in total. The molecule has 7 heteroatoms. The van der Waals surface area contributed by atoms with Crippen LogP contribution in [0.3, 0.4) is 0 Å². The largest absolute Gasteiger partial charge is 0.872 e. The highest BCUT2D eigenvalue weighted by Crippen LogP contribution is 2.42. The molecule has 0 radical (unpaired) electrons. The summed E-state index contributed by atoms with van der Waals surface area (Å²) in [6.07, 6.45) is 3.02. The van der Waals surface area contributed by atoms with E-state index in [9.17, 15) is 15.0 Å². The first-order chi connectivity index (χ1) is 9.66. The predicted molar refractivity (Wildman–Crippen MR) is 83.9 cm³/mol. The maximum atomic E-state index is 12.2. The lowest BCUT2D eigenvalue weighted by atomic mass is 10.2. The van der Waals surface area contributed by atoms with Crippen molar-refractivity contribution in [3.63, 3.8) is 0 Å². The highest BCUT2D eigenvalue weighted by atomic mass is 32.2. The van der Waals surface area contributed by atoms with Gasteiger partial charge in [-0.25, -0.2) is 0 Å². The van der Waals surface area contributed by atoms with Gasteiger partial charge in [0.15, 0.2) is 5.78 Å². The molecule has 20 heavy (non-hydrogen) atoms. The molecule has 0 unspecified atom stereocenters. The standard InChI is InChI=1S/C13H8O3S4/c14-11-7(5-9-17-1-2-18-9)12(15)13(16)8(11)6-10-19-3-4-20-10/h1-6,14H,(H,15,16)/p-2. The van der Waals surface area contributed by atoms with Crippen LogP contribution in [0.25, 0.3) is 0 Å². The van der Waals surface area contributed by atoms with Gasteiger partial charge in [0, 0.05) is 14.0 Å². The maximum Gasteiger partial charge on any atom is 0.178 e. The molecule has 3 nitrogen and oxygen atoms in total. The zero-order valence-electron chi connectivity index (χ0n) is 9.82. The molecule has 0 spiro atoms. The van der Waals surface area contributed by atoms with Gasteiger partial charge in [0.05, 0.1) is 0 Å². The summed E-state index contributed by atoms with van der Waals surface area (Å²) < 4.78 is 1.66. The highest BCUT2D eigenvalue weighted by molar-refractivity contribution is 8.27. The van der Waals surface area contributed by atoms with Gasteiger partial charge in [-0.05, 0) is 39.4 Å². The van der Waals surface area contributed by atoms with Crippen molar-refractivity contribution in [3.05, 3.63) is 64.9 Å². The van der Waals surface area contributed by atoms with Gasteiger partial charge in [0.1, 0.15) is 0 Å². The Labute approximate surface area is 132 Å². The number of Topliss-reactive ketones (excluding diaryl/α,β-unsaturated/α-hetero) is 1. The summed E-state index contributed by atoms with van der Waals surface area (Å²) in [5.41, 5.74) is -0.0528. The monoisotopic (exact) mass is 338 g/mol. The molecule has 102 valence electrons. The Morgan fingerprint density at radius 1 is 0.750 bits per heavy atom. The van der Waals surface area contributed by atoms with Crippen molar-refractivity contribution in [1.82, 2.24) is 0 Å². The fraction of sp³-hybridized carbons (Fsp3) is 0. The molecule has 0 aromatic carbocycles. The van der Waals surface area contributed by atoms with Crippen LogP contribution in [0.5, 0.6) is 0 Å². The van der Waals surface area contributed by atoms with Gasteiger partial charge in [-0.3, -0.25) is 4.79 Å². The Kier molecular flexibility index (Phi) is 4.11. The van der Waals surface area contributed by atoms with Crippen LogP contribution < -0.4 is 10.2 Å². The molecule has 2 aliphatic heterocycles. The summed E-state index contributed by atoms with van der Waals surface area (Å²) in [4.78, 5) is 11.9. The summed E-state index contributed by atoms with van der Waals surface area (Å²) in [6, 6.07) is 0. The second-order valence-electron chi connectivity index (χ2n) is 3.76. The van der Waals surface area contributed by atoms with Crippen molar-refractivity contribution in [1.29, 1.82) is 0 Å². The topological polar surface area (TPSA) is 63.2 Å². The smallest absolute Gasteiger partial charge is 0.178 e. The van der Waals surface area contributed by atoms with Crippen LogP contribution in [0.4, 0.5) is 0 Å². The Morgan fingerprint density at radius 2 is 1.20 bits per heavy atom. The molecular formula is C13H6O3S4-2. The first-order valence-corrected chi connectivity index (χ1v) is 8.96. The summed E-state index contributed by atoms with van der Waals surface area (Å²) in [7, 11) is 0. The third kappa shape index (κ3) is 2.63. The van der Waals surface area contributed by atoms with Gasteiger partial charge in [-0.1, -0.05) is 58.6 Å². The highest BCUT2D eigenvalue weighted by Gasteiger charge is 2.20. The first kappa shape index (κ1) is 14.1. The average Bonchev–Trinajstić information content (AvgIpc) is 3.15. The van der Waals surface area contributed by atoms with Crippen molar-refractivity contribution in [2.24, 2.45) is 0 Å². The number of allylic oxidation sites excluding steroid dienone is 3. The van der Waals surface area contributed by atoms with Crippen LogP contribution in [0.1, 0.15) is 0 Å². The zero-order valence-corrected chi connectivity index (χ0v) is 13.1. The summed E-state index contributed by atoms with van der Waals surface area (Å²) in [6.45, 7) is 0. The van der Waals surface area contributed by atoms with Crippen LogP contribution >= 0.6 is 47.0 Å². The Morgan fingerprint density at radius 3 is 1.70 bits per heavy atom. The quantitative estimate of drug-likeness (QED) is 0.766. The minimum absolute atomic E-state index is 0.0264. The van der Waals surface area contributed by atoms with E-state index in [1.807, 2.05) is 21.6 Å². The van der Waals surface area contributed by atoms with Gasteiger partial charge in [0.2, 0.25) is 0 Å². The summed E-state index contributed by atoms with van der Waals surface area (Å²) >= 11 is 5.73. The van der Waals surface area contributed by atoms with E-state index >= 15 is 0 Å². The van der Waals surface area contributed by atoms with E-state index in [2.05, 4.69) is 0 Å². The molecule has 3 rings (SSSR count). The van der Waals surface area contributed by atoms with Crippen LogP contribution in [-0.4, -0.2) is 5.78 Å². The molecule has 0 saturated carbocycles. The molecule has 0 saturated heterocycles. The van der Waals surface area contributed by atoms with Crippen LogP contribution in [-0.2, 0) is 4.79 Å². The van der Waals surface area contributed by atoms with E-state index in [0.29, 0.717) is 0 Å². The van der Waals surface area contributed by atoms with E-state index in [1.54, 1.807) is 0 Å². The second-order valence-corrected chi connectivity index (χ2v) is 8.06. The maximum absolute atomic E-state index is 12.2. The summed E-state index contributed by atoms with van der Waals surface area (Å²) in [5.74, 6) is -1.88. The van der Waals surface area contributed by atoms with E-state index in [0.717, 1.165) is 8.47 Å². The van der Waals surface area contributed by atoms with Crippen LogP contribution in [0.15, 0.2) is 64.9 Å². The van der Waals surface area contributed by atoms with Crippen molar-refractivity contribution in [2.45, 2.75) is 0 Å². The number of carbonyl (C=O) groups is 1. The zero-order chi connectivity index (χ0) is 14.1. The van der Waals surface area contributed by atoms with Crippen molar-refractivity contribution >= 4 is 52.8 Å². The van der Waals surface area contributed by atoms with Crippen molar-refractivity contribution in [2.75, 3.05) is 0 Å². The Hall–Kier alpha value is -0.890. The molecule has 1 aliphatic carbocycles. The lowest BCUT2D eigenvalue weighted by Gasteiger charge is -2.13. The molecule has 2 heterocycles. The molecule has 0 amide bonds. The fourth-order valence-corrected chi connectivity index (χ4v) is 4.94. The third-order valence-electron chi connectivity index (χ3n) is 2.56. The lowest BCUT2D eigenvalue weighted by Crippen LogP contribution is -2.14. The number of ketones is 1. The molecule has 0 fully saturated rings. The van der Waals surface area contributed by atoms with Gasteiger partial charge in [-0.2, -0.15) is 0 Å². The Balaban J connectivity index is 1.93. The Bertz CT molecular complexity index is 645. The van der Waals surface area contributed by atoms with Gasteiger partial charge < -0.3 is 10.2 Å². The lowest BCUT2D eigenvalue weighted by molar-refractivity contribution is -0.307. The normalized spacial score (nSPS) is 21.7. The molecule has 0 aromatic rings. The van der Waals surface area contributed by atoms with E-state index < -0.39 is 17.3 Å². The number of carbonyl (C=O) groups excluding carboxylic acids is 1. The number of thioether (sulfide) groups is 4. The van der Waals surface area contributed by atoms with Crippen molar-refractivity contribution in [3.8, 4) is 0 Å². The average molecular weight is 338 g/mol. The van der Waals surface area contributed by atoms with Crippen LogP contribution in [0.2, 0.25) is 0 Å². The molecule has 0 bridgehead atoms. The number of hydrogen-bond acceptors (Lipinski definition) is 7. The van der Waals surface area contributed by atoms with Crippen molar-refractivity contribution < 1.29 is 15.0 Å². The molecule has 0 atom stereocenters. The van der Waals surface area contributed by atoms with Crippen LogP contribution in [0, 0.1) is 0 Å². The number of rotatable bonds is 2. The van der Waals surface area contributed by atoms with Gasteiger partial charge in [0.25, 0.3) is 0 Å². The molecule has 3 aliphatic rings. The molecule has 0 aromatic heterocycles. The minimum Gasteiger partial charge on any atom is -0.872 e. The predicted octanol–water partition coefficient (Wildman–Crippen LogP) is 2.38. The van der Waals surface area contributed by atoms with E-state index in [4.69, 9.17) is 0 Å². The SMILES string of the molecule is O=C1C([O-])=C(C=C2SC=CS2)C([O-])=C1C=C1SC=CS1. The van der Waals surface area contributed by atoms with Gasteiger partial charge in [-0.15, -0.1) is 0 Å². The fourth-order valence-electron chi connectivity index (χ4n) is 1.66. The second kappa shape index (κ2) is 5.85. The third-order valence-corrected chi connectivity index (χ3v) is 6.55. The van der Waals surface area contributed by atoms with E-state index in [-0.39, 0.29) is 11.1 Å². The first-order valence-electron chi connectivity index (χ1n) is 5.44. The summed E-state index contributed by atoms with van der Waals surface area (Å²) in [5, 5.41) is 31.6. The number of hydrogen-bond donors (Lipinski definition) is 0.